The number of nitrogens with zero attached hydrogens (tertiary/aromatic N) is 2. The standard InChI is InChI=1S/C22H29N3O5S/c1-24-12-14-25(15-13-24)31(27,28)19-8-9-21(30-3)20(16-19)22(26)23-11-10-17-4-6-18(29-2)7-5-17/h4-9,16H,10-15H2,1-3H3,(H,23,26). The Balaban J connectivity index is 1.71. The van der Waals surface area contributed by atoms with Crippen LogP contribution in [0, 0.1) is 0 Å². The quantitative estimate of drug-likeness (QED) is 0.662. The highest BCUT2D eigenvalue weighted by atomic mass is 32.2. The molecular formula is C22H29N3O5S. The second-order valence-electron chi connectivity index (χ2n) is 7.42. The summed E-state index contributed by atoms with van der Waals surface area (Å²) in [5.41, 5.74) is 1.26. The van der Waals surface area contributed by atoms with Crippen LogP contribution in [0.1, 0.15) is 15.9 Å². The summed E-state index contributed by atoms with van der Waals surface area (Å²) in [6, 6.07) is 12.0. The molecule has 9 heteroatoms. The van der Waals surface area contributed by atoms with E-state index in [0.29, 0.717) is 44.9 Å². The Morgan fingerprint density at radius 3 is 2.29 bits per heavy atom. The molecule has 0 unspecified atom stereocenters. The molecule has 1 aliphatic rings. The number of carbonyl (C=O) groups excluding carboxylic acids is 1. The summed E-state index contributed by atoms with van der Waals surface area (Å²) in [5, 5.41) is 2.85. The predicted octanol–water partition coefficient (Wildman–Crippen LogP) is 1.61. The lowest BCUT2D eigenvalue weighted by Gasteiger charge is -2.31. The molecule has 0 spiro atoms. The number of ether oxygens (including phenoxy) is 2. The maximum absolute atomic E-state index is 13.0. The number of amides is 1. The number of hydrogen-bond donors (Lipinski definition) is 1. The van der Waals surface area contributed by atoms with Crippen molar-refractivity contribution in [2.75, 3.05) is 54.0 Å². The van der Waals surface area contributed by atoms with E-state index < -0.39 is 10.0 Å². The van der Waals surface area contributed by atoms with Gasteiger partial charge in [0.1, 0.15) is 11.5 Å². The summed E-state index contributed by atoms with van der Waals surface area (Å²) in [4.78, 5) is 15.0. The number of hydrogen-bond acceptors (Lipinski definition) is 6. The van der Waals surface area contributed by atoms with Crippen LogP contribution >= 0.6 is 0 Å². The normalized spacial score (nSPS) is 15.5. The minimum atomic E-state index is -3.68. The van der Waals surface area contributed by atoms with Gasteiger partial charge in [-0.15, -0.1) is 0 Å². The zero-order valence-electron chi connectivity index (χ0n) is 18.1. The second kappa shape index (κ2) is 10.1. The molecule has 1 fully saturated rings. The van der Waals surface area contributed by atoms with Gasteiger partial charge in [-0.3, -0.25) is 4.79 Å². The molecule has 31 heavy (non-hydrogen) atoms. The molecule has 0 aliphatic carbocycles. The lowest BCUT2D eigenvalue weighted by Crippen LogP contribution is -2.47. The number of sulfonamides is 1. The fraction of sp³-hybridized carbons (Fsp3) is 0.409. The number of rotatable bonds is 8. The molecule has 0 bridgehead atoms. The van der Waals surface area contributed by atoms with Gasteiger partial charge < -0.3 is 19.7 Å². The zero-order valence-corrected chi connectivity index (χ0v) is 18.9. The molecule has 1 aliphatic heterocycles. The Morgan fingerprint density at radius 1 is 1.00 bits per heavy atom. The first kappa shape index (κ1) is 23.1. The molecule has 1 N–H and O–H groups in total. The Hall–Kier alpha value is -2.62. The summed E-state index contributed by atoms with van der Waals surface area (Å²) in [6.45, 7) is 2.61. The molecule has 1 amide bonds. The van der Waals surface area contributed by atoms with Crippen LogP contribution in [0.4, 0.5) is 0 Å². The van der Waals surface area contributed by atoms with Gasteiger partial charge in [-0.2, -0.15) is 4.31 Å². The van der Waals surface area contributed by atoms with E-state index >= 15 is 0 Å². The average molecular weight is 448 g/mol. The minimum Gasteiger partial charge on any atom is -0.497 e. The third kappa shape index (κ3) is 5.55. The summed E-state index contributed by atoms with van der Waals surface area (Å²) in [5.74, 6) is 0.732. The Bertz CT molecular complexity index is 1000. The maximum atomic E-state index is 13.0. The molecule has 168 valence electrons. The molecule has 0 radical (unpaired) electrons. The zero-order chi connectivity index (χ0) is 22.4. The van der Waals surface area contributed by atoms with Crippen LogP contribution in [0.2, 0.25) is 0 Å². The van der Waals surface area contributed by atoms with Gasteiger partial charge in [-0.05, 0) is 49.4 Å². The molecule has 1 saturated heterocycles. The number of methoxy groups -OCH3 is 2. The summed E-state index contributed by atoms with van der Waals surface area (Å²) in [7, 11) is 1.35. The first-order valence-corrected chi connectivity index (χ1v) is 11.6. The minimum absolute atomic E-state index is 0.0955. The fourth-order valence-corrected chi connectivity index (χ4v) is 4.86. The van der Waals surface area contributed by atoms with Gasteiger partial charge in [0, 0.05) is 32.7 Å². The molecule has 0 atom stereocenters. The fourth-order valence-electron chi connectivity index (χ4n) is 3.41. The van der Waals surface area contributed by atoms with Crippen molar-refractivity contribution < 1.29 is 22.7 Å². The van der Waals surface area contributed by atoms with E-state index in [1.165, 1.54) is 29.6 Å². The highest BCUT2D eigenvalue weighted by Gasteiger charge is 2.28. The first-order chi connectivity index (χ1) is 14.8. The number of piperazine rings is 1. The number of likely N-dealkylation sites (N-methyl/N-ethyl adjacent to an activating group) is 1. The summed E-state index contributed by atoms with van der Waals surface area (Å²) >= 11 is 0. The highest BCUT2D eigenvalue weighted by molar-refractivity contribution is 7.89. The summed E-state index contributed by atoms with van der Waals surface area (Å²) in [6.07, 6.45) is 0.636. The van der Waals surface area contributed by atoms with Gasteiger partial charge in [0.15, 0.2) is 0 Å². The van der Waals surface area contributed by atoms with Crippen LogP contribution in [0.3, 0.4) is 0 Å². The largest absolute Gasteiger partial charge is 0.497 e. The van der Waals surface area contributed by atoms with Crippen molar-refractivity contribution in [2.45, 2.75) is 11.3 Å². The smallest absolute Gasteiger partial charge is 0.255 e. The van der Waals surface area contributed by atoms with Gasteiger partial charge in [-0.1, -0.05) is 12.1 Å². The van der Waals surface area contributed by atoms with E-state index in [2.05, 4.69) is 10.2 Å². The molecule has 0 saturated carbocycles. The topological polar surface area (TPSA) is 88.2 Å². The monoisotopic (exact) mass is 447 g/mol. The van der Waals surface area contributed by atoms with Gasteiger partial charge in [-0.25, -0.2) is 8.42 Å². The van der Waals surface area contributed by atoms with Gasteiger partial charge in [0.25, 0.3) is 5.91 Å². The van der Waals surface area contributed by atoms with E-state index in [4.69, 9.17) is 9.47 Å². The molecule has 0 aromatic heterocycles. The number of carbonyl (C=O) groups is 1. The van der Waals surface area contributed by atoms with Gasteiger partial charge in [0.2, 0.25) is 10.0 Å². The van der Waals surface area contributed by atoms with Crippen LogP contribution in [0.25, 0.3) is 0 Å². The van der Waals surface area contributed by atoms with Crippen molar-refractivity contribution in [1.82, 2.24) is 14.5 Å². The van der Waals surface area contributed by atoms with Crippen LogP contribution < -0.4 is 14.8 Å². The van der Waals surface area contributed by atoms with E-state index in [9.17, 15) is 13.2 Å². The molecule has 3 rings (SSSR count). The van der Waals surface area contributed by atoms with E-state index in [-0.39, 0.29) is 16.4 Å². The van der Waals surface area contributed by atoms with Crippen LogP contribution in [-0.4, -0.2) is 77.5 Å². The molecule has 8 nitrogen and oxygen atoms in total. The second-order valence-corrected chi connectivity index (χ2v) is 9.36. The molecule has 1 heterocycles. The van der Waals surface area contributed by atoms with Crippen LogP contribution in [-0.2, 0) is 16.4 Å². The Morgan fingerprint density at radius 2 is 1.68 bits per heavy atom. The van der Waals surface area contributed by atoms with Crippen molar-refractivity contribution in [2.24, 2.45) is 0 Å². The molecular weight excluding hydrogens is 418 g/mol. The number of benzene rings is 2. The van der Waals surface area contributed by atoms with Gasteiger partial charge in [0.05, 0.1) is 24.7 Å². The van der Waals surface area contributed by atoms with Crippen molar-refractivity contribution in [3.63, 3.8) is 0 Å². The van der Waals surface area contributed by atoms with Crippen molar-refractivity contribution in [3.05, 3.63) is 53.6 Å². The average Bonchev–Trinajstić information content (AvgIpc) is 2.79. The predicted molar refractivity (Wildman–Crippen MR) is 118 cm³/mol. The van der Waals surface area contributed by atoms with E-state index in [1.807, 2.05) is 31.3 Å². The van der Waals surface area contributed by atoms with Crippen molar-refractivity contribution >= 4 is 15.9 Å². The van der Waals surface area contributed by atoms with Gasteiger partial charge >= 0.3 is 0 Å². The maximum Gasteiger partial charge on any atom is 0.255 e. The van der Waals surface area contributed by atoms with Crippen LogP contribution in [0.15, 0.2) is 47.4 Å². The van der Waals surface area contributed by atoms with Crippen molar-refractivity contribution in [1.29, 1.82) is 0 Å². The van der Waals surface area contributed by atoms with Crippen LogP contribution in [0.5, 0.6) is 11.5 Å². The number of nitrogens with one attached hydrogen (secondary N) is 1. The highest BCUT2D eigenvalue weighted by Crippen LogP contribution is 2.25. The molecule has 2 aromatic rings. The SMILES string of the molecule is COc1ccc(CCNC(=O)c2cc(S(=O)(=O)N3CCN(C)CC3)ccc2OC)cc1. The van der Waals surface area contributed by atoms with E-state index in [0.717, 1.165) is 11.3 Å². The Kier molecular flexibility index (Phi) is 7.53. The van der Waals surface area contributed by atoms with Crippen molar-refractivity contribution in [3.8, 4) is 11.5 Å². The van der Waals surface area contributed by atoms with E-state index in [1.54, 1.807) is 7.11 Å². The third-order valence-corrected chi connectivity index (χ3v) is 7.27. The lowest BCUT2D eigenvalue weighted by molar-refractivity contribution is 0.0951. The third-order valence-electron chi connectivity index (χ3n) is 5.37. The molecule has 2 aromatic carbocycles. The Labute approximate surface area is 183 Å². The summed E-state index contributed by atoms with van der Waals surface area (Å²) < 4.78 is 38.0. The first-order valence-electron chi connectivity index (χ1n) is 10.1. The lowest BCUT2D eigenvalue weighted by atomic mass is 10.1.